The summed E-state index contributed by atoms with van der Waals surface area (Å²) >= 11 is 2.80. The van der Waals surface area contributed by atoms with Crippen LogP contribution in [0.5, 0.6) is 0 Å². The van der Waals surface area contributed by atoms with Crippen molar-refractivity contribution < 1.29 is 13.6 Å². The molecule has 72 valence electrons. The summed E-state index contributed by atoms with van der Waals surface area (Å²) in [6.07, 6.45) is 0.321. The van der Waals surface area contributed by atoms with Crippen molar-refractivity contribution in [3.8, 4) is 0 Å². The van der Waals surface area contributed by atoms with Crippen molar-refractivity contribution in [3.63, 3.8) is 0 Å². The highest BCUT2D eigenvalue weighted by atomic mass is 79.9. The number of benzene rings is 1. The van der Waals surface area contributed by atoms with Crippen LogP contribution in [0.3, 0.4) is 0 Å². The maximum absolute atomic E-state index is 13.2. The van der Waals surface area contributed by atoms with E-state index < -0.39 is 11.6 Å². The zero-order chi connectivity index (χ0) is 9.84. The summed E-state index contributed by atoms with van der Waals surface area (Å²) in [6.45, 7) is 0.203. The lowest BCUT2D eigenvalue weighted by Crippen LogP contribution is -2.05. The zero-order valence-electron chi connectivity index (χ0n) is 6.69. The van der Waals surface area contributed by atoms with E-state index in [9.17, 15) is 8.78 Å². The molecule has 0 aliphatic heterocycles. The number of hydrogen-bond donors (Lipinski definition) is 1. The Hall–Kier alpha value is -0.520. The van der Waals surface area contributed by atoms with Crippen LogP contribution in [-0.4, -0.2) is 6.61 Å². The van der Waals surface area contributed by atoms with Gasteiger partial charge in [0.2, 0.25) is 0 Å². The molecule has 0 aromatic heterocycles. The van der Waals surface area contributed by atoms with Crippen molar-refractivity contribution in [1.82, 2.24) is 0 Å². The van der Waals surface area contributed by atoms with Gasteiger partial charge >= 0.3 is 0 Å². The highest BCUT2D eigenvalue weighted by Crippen LogP contribution is 2.22. The summed E-state index contributed by atoms with van der Waals surface area (Å²) in [5.74, 6) is 3.57. The summed E-state index contributed by atoms with van der Waals surface area (Å²) in [4.78, 5) is 4.30. The third-order valence-corrected chi connectivity index (χ3v) is 2.33. The van der Waals surface area contributed by atoms with E-state index in [2.05, 4.69) is 20.8 Å². The van der Waals surface area contributed by atoms with Gasteiger partial charge in [-0.15, -0.1) is 0 Å². The largest absolute Gasteiger partial charge is 0.304 e. The molecule has 0 saturated carbocycles. The first-order valence-corrected chi connectivity index (χ1v) is 4.40. The lowest BCUT2D eigenvalue weighted by atomic mass is 10.1. The van der Waals surface area contributed by atoms with E-state index in [0.29, 0.717) is 12.0 Å². The minimum absolute atomic E-state index is 0.151. The van der Waals surface area contributed by atoms with Gasteiger partial charge in [0.25, 0.3) is 0 Å². The summed E-state index contributed by atoms with van der Waals surface area (Å²) in [6, 6.07) is 2.56. The summed E-state index contributed by atoms with van der Waals surface area (Å²) in [7, 11) is 0. The van der Waals surface area contributed by atoms with E-state index in [-0.39, 0.29) is 11.1 Å². The number of nitrogens with two attached hydrogens (primary N) is 1. The van der Waals surface area contributed by atoms with Crippen molar-refractivity contribution in [3.05, 3.63) is 33.8 Å². The average Bonchev–Trinajstić information content (AvgIpc) is 2.13. The number of hydrogen-bond acceptors (Lipinski definition) is 2. The van der Waals surface area contributed by atoms with E-state index in [0.717, 1.165) is 0 Å². The summed E-state index contributed by atoms with van der Waals surface area (Å²) < 4.78 is 25.8. The quantitative estimate of drug-likeness (QED) is 0.660. The van der Waals surface area contributed by atoms with E-state index in [4.69, 9.17) is 5.90 Å². The predicted octanol–water partition coefficient (Wildman–Crippen LogP) is 2.16. The van der Waals surface area contributed by atoms with E-state index in [1.807, 2.05) is 0 Å². The van der Waals surface area contributed by atoms with Gasteiger partial charge in [0.1, 0.15) is 11.6 Å². The Balaban J connectivity index is 2.90. The number of rotatable bonds is 3. The normalized spacial score (nSPS) is 10.5. The second kappa shape index (κ2) is 4.64. The Bertz CT molecular complexity index is 306. The third kappa shape index (κ3) is 2.46. The van der Waals surface area contributed by atoms with Gasteiger partial charge in [0, 0.05) is 6.42 Å². The first kappa shape index (κ1) is 10.6. The smallest absolute Gasteiger partial charge is 0.143 e. The van der Waals surface area contributed by atoms with Crippen LogP contribution in [0.1, 0.15) is 5.56 Å². The van der Waals surface area contributed by atoms with Crippen LogP contribution in [-0.2, 0) is 11.3 Å². The molecule has 0 aliphatic carbocycles. The highest BCUT2D eigenvalue weighted by molar-refractivity contribution is 9.10. The standard InChI is InChI=1S/C8H8BrF2NO/c9-7-6(10)2-1-5(8(7)11)3-4-13-12/h1-2H,3-4,12H2. The minimum Gasteiger partial charge on any atom is -0.304 e. The fraction of sp³-hybridized carbons (Fsp3) is 0.250. The van der Waals surface area contributed by atoms with Crippen LogP contribution in [0.25, 0.3) is 0 Å². The Morgan fingerprint density at radius 2 is 2.08 bits per heavy atom. The molecule has 0 heterocycles. The molecule has 0 fully saturated rings. The Morgan fingerprint density at radius 3 is 2.69 bits per heavy atom. The Labute approximate surface area is 82.8 Å². The van der Waals surface area contributed by atoms with Crippen LogP contribution in [0.4, 0.5) is 8.78 Å². The average molecular weight is 252 g/mol. The van der Waals surface area contributed by atoms with Crippen LogP contribution >= 0.6 is 15.9 Å². The molecule has 13 heavy (non-hydrogen) atoms. The van der Waals surface area contributed by atoms with Crippen LogP contribution < -0.4 is 5.90 Å². The Kier molecular flexibility index (Phi) is 3.77. The molecule has 1 aromatic carbocycles. The second-order valence-electron chi connectivity index (χ2n) is 2.46. The first-order chi connectivity index (χ1) is 6.16. The summed E-state index contributed by atoms with van der Waals surface area (Å²) in [5.41, 5.74) is 0.374. The number of halogens is 3. The van der Waals surface area contributed by atoms with Gasteiger partial charge in [-0.25, -0.2) is 14.7 Å². The van der Waals surface area contributed by atoms with Gasteiger partial charge in [-0.05, 0) is 27.6 Å². The zero-order valence-corrected chi connectivity index (χ0v) is 8.27. The fourth-order valence-corrected chi connectivity index (χ4v) is 1.31. The molecule has 0 bridgehead atoms. The first-order valence-electron chi connectivity index (χ1n) is 3.61. The molecule has 0 saturated heterocycles. The van der Waals surface area contributed by atoms with Crippen molar-refractivity contribution in [2.75, 3.05) is 6.61 Å². The topological polar surface area (TPSA) is 35.2 Å². The minimum atomic E-state index is -0.616. The molecule has 2 nitrogen and oxygen atoms in total. The van der Waals surface area contributed by atoms with Crippen LogP contribution in [0, 0.1) is 11.6 Å². The van der Waals surface area contributed by atoms with Crippen LogP contribution in [0.2, 0.25) is 0 Å². The van der Waals surface area contributed by atoms with Crippen molar-refractivity contribution in [1.29, 1.82) is 0 Å². The van der Waals surface area contributed by atoms with Crippen molar-refractivity contribution >= 4 is 15.9 Å². The van der Waals surface area contributed by atoms with Crippen molar-refractivity contribution in [2.24, 2.45) is 5.90 Å². The molecule has 0 amide bonds. The lowest BCUT2D eigenvalue weighted by Gasteiger charge is -2.04. The maximum atomic E-state index is 13.2. The lowest BCUT2D eigenvalue weighted by molar-refractivity contribution is 0.140. The molecule has 0 atom stereocenters. The molecule has 5 heteroatoms. The molecular weight excluding hydrogens is 244 g/mol. The third-order valence-electron chi connectivity index (χ3n) is 1.60. The van der Waals surface area contributed by atoms with Gasteiger partial charge in [-0.2, -0.15) is 0 Å². The van der Waals surface area contributed by atoms with Gasteiger partial charge in [-0.3, -0.25) is 0 Å². The fourth-order valence-electron chi connectivity index (χ4n) is 0.928. The van der Waals surface area contributed by atoms with Gasteiger partial charge in [-0.1, -0.05) is 6.07 Å². The second-order valence-corrected chi connectivity index (χ2v) is 3.25. The molecule has 0 radical (unpaired) electrons. The van der Waals surface area contributed by atoms with Crippen molar-refractivity contribution in [2.45, 2.75) is 6.42 Å². The molecule has 0 unspecified atom stereocenters. The SMILES string of the molecule is NOCCc1ccc(F)c(Br)c1F. The van der Waals surface area contributed by atoms with Gasteiger partial charge < -0.3 is 4.84 Å². The van der Waals surface area contributed by atoms with E-state index in [1.165, 1.54) is 12.1 Å². The van der Waals surface area contributed by atoms with Gasteiger partial charge in [0.05, 0.1) is 11.1 Å². The van der Waals surface area contributed by atoms with E-state index >= 15 is 0 Å². The molecule has 2 N–H and O–H groups in total. The summed E-state index contributed by atoms with van der Waals surface area (Å²) in [5, 5.41) is 0. The monoisotopic (exact) mass is 251 g/mol. The maximum Gasteiger partial charge on any atom is 0.143 e. The van der Waals surface area contributed by atoms with Gasteiger partial charge in [0.15, 0.2) is 0 Å². The molecule has 0 aliphatic rings. The molecule has 1 aromatic rings. The molecular formula is C8H8BrF2NO. The predicted molar refractivity (Wildman–Crippen MR) is 47.9 cm³/mol. The molecule has 0 spiro atoms. The van der Waals surface area contributed by atoms with Crippen LogP contribution in [0.15, 0.2) is 16.6 Å². The Morgan fingerprint density at radius 1 is 1.38 bits per heavy atom. The highest BCUT2D eigenvalue weighted by Gasteiger charge is 2.10. The van der Waals surface area contributed by atoms with E-state index in [1.54, 1.807) is 0 Å². The molecule has 1 rings (SSSR count).